The molecular weight excluding hydrogens is 350 g/mol. The topological polar surface area (TPSA) is 61.4 Å². The normalized spacial score (nSPS) is 14.8. The van der Waals surface area contributed by atoms with Gasteiger partial charge in [-0.25, -0.2) is 0 Å². The Bertz CT molecular complexity index is 799. The van der Waals surface area contributed by atoms with Crippen LogP contribution in [0.25, 0.3) is 0 Å². The maximum Gasteiger partial charge on any atom is 0.247 e. The summed E-state index contributed by atoms with van der Waals surface area (Å²) in [4.78, 5) is 27.7. The molecule has 1 unspecified atom stereocenters. The summed E-state index contributed by atoms with van der Waals surface area (Å²) in [5.41, 5.74) is 2.78. The van der Waals surface area contributed by atoms with Gasteiger partial charge in [-0.3, -0.25) is 9.59 Å². The molecule has 0 spiro atoms. The van der Waals surface area contributed by atoms with E-state index in [2.05, 4.69) is 15.5 Å². The number of hydrogen-bond acceptors (Lipinski definition) is 3. The molecule has 2 aromatic rings. The fourth-order valence-corrected chi connectivity index (χ4v) is 3.56. The van der Waals surface area contributed by atoms with Crippen molar-refractivity contribution < 1.29 is 9.59 Å². The van der Waals surface area contributed by atoms with Gasteiger partial charge >= 0.3 is 0 Å². The van der Waals surface area contributed by atoms with Gasteiger partial charge in [-0.2, -0.15) is 0 Å². The second kappa shape index (κ2) is 9.40. The highest BCUT2D eigenvalue weighted by molar-refractivity contribution is 5.99. The van der Waals surface area contributed by atoms with E-state index in [1.54, 1.807) is 0 Å². The average molecular weight is 380 g/mol. The van der Waals surface area contributed by atoms with E-state index in [0.29, 0.717) is 0 Å². The highest BCUT2D eigenvalue weighted by Crippen LogP contribution is 2.28. The van der Waals surface area contributed by atoms with Gasteiger partial charge in [0.25, 0.3) is 0 Å². The fraction of sp³-hybridized carbons (Fsp3) is 0.391. The number of rotatable bonds is 7. The minimum atomic E-state index is -0.581. The molecule has 0 aliphatic carbocycles. The molecule has 1 saturated heterocycles. The smallest absolute Gasteiger partial charge is 0.247 e. The molecule has 1 aliphatic heterocycles. The lowest BCUT2D eigenvalue weighted by Crippen LogP contribution is -2.47. The monoisotopic (exact) mass is 379 g/mol. The zero-order valence-corrected chi connectivity index (χ0v) is 16.7. The van der Waals surface area contributed by atoms with E-state index in [9.17, 15) is 9.59 Å². The van der Waals surface area contributed by atoms with Crippen molar-refractivity contribution in [3.05, 3.63) is 60.2 Å². The molecule has 2 N–H and O–H groups in total. The predicted octanol–water partition coefficient (Wildman–Crippen LogP) is 3.61. The lowest BCUT2D eigenvalue weighted by molar-refractivity contribution is -0.127. The number of nitrogens with one attached hydrogen (secondary N) is 2. The van der Waals surface area contributed by atoms with Gasteiger partial charge < -0.3 is 15.5 Å². The zero-order chi connectivity index (χ0) is 19.9. The molecule has 1 aliphatic rings. The standard InChI is InChI=1S/C23H29N3O2/c1-17(2)22(25-21(27)16-18-10-4-3-5-11-18)23(28)24-19-12-6-7-13-20(19)26-14-8-9-15-26/h3-7,10-13,17,22H,8-9,14-16H2,1-2H3,(H,24,28)(H,25,27). The second-order valence-corrected chi connectivity index (χ2v) is 7.65. The van der Waals surface area contributed by atoms with E-state index in [1.165, 1.54) is 12.8 Å². The van der Waals surface area contributed by atoms with E-state index in [4.69, 9.17) is 0 Å². The summed E-state index contributed by atoms with van der Waals surface area (Å²) < 4.78 is 0. The van der Waals surface area contributed by atoms with Crippen molar-refractivity contribution in [3.63, 3.8) is 0 Å². The number of carbonyl (C=O) groups is 2. The summed E-state index contributed by atoms with van der Waals surface area (Å²) in [5.74, 6) is -0.338. The van der Waals surface area contributed by atoms with Gasteiger partial charge in [0.15, 0.2) is 0 Å². The Balaban J connectivity index is 1.67. The number of para-hydroxylation sites is 2. The van der Waals surface area contributed by atoms with Gasteiger partial charge in [0, 0.05) is 13.1 Å². The van der Waals surface area contributed by atoms with E-state index in [-0.39, 0.29) is 24.2 Å². The van der Waals surface area contributed by atoms with Crippen molar-refractivity contribution in [2.75, 3.05) is 23.3 Å². The lowest BCUT2D eigenvalue weighted by Gasteiger charge is -2.25. The van der Waals surface area contributed by atoms with Gasteiger partial charge in [0.1, 0.15) is 6.04 Å². The number of amides is 2. The largest absolute Gasteiger partial charge is 0.370 e. The number of anilines is 2. The maximum absolute atomic E-state index is 13.0. The number of carbonyl (C=O) groups excluding carboxylic acids is 2. The van der Waals surface area contributed by atoms with Crippen LogP contribution in [0, 0.1) is 5.92 Å². The van der Waals surface area contributed by atoms with Crippen molar-refractivity contribution in [3.8, 4) is 0 Å². The van der Waals surface area contributed by atoms with Crippen LogP contribution >= 0.6 is 0 Å². The first kappa shape index (κ1) is 19.9. The molecule has 1 heterocycles. The van der Waals surface area contributed by atoms with Crippen LogP contribution in [0.2, 0.25) is 0 Å². The van der Waals surface area contributed by atoms with Crippen LogP contribution in [0.1, 0.15) is 32.3 Å². The van der Waals surface area contributed by atoms with E-state index in [0.717, 1.165) is 30.0 Å². The molecule has 148 valence electrons. The average Bonchev–Trinajstić information content (AvgIpc) is 3.21. The molecule has 28 heavy (non-hydrogen) atoms. The quantitative estimate of drug-likeness (QED) is 0.773. The SMILES string of the molecule is CC(C)C(NC(=O)Cc1ccccc1)C(=O)Nc1ccccc1N1CCCC1. The molecular formula is C23H29N3O2. The molecule has 2 aromatic carbocycles. The number of nitrogens with zero attached hydrogens (tertiary/aromatic N) is 1. The summed E-state index contributed by atoms with van der Waals surface area (Å²) in [6.45, 7) is 5.90. The third-order valence-corrected chi connectivity index (χ3v) is 5.08. The summed E-state index contributed by atoms with van der Waals surface area (Å²) in [6, 6.07) is 16.9. The Labute approximate surface area is 167 Å². The van der Waals surface area contributed by atoms with Crippen LogP contribution in [0.3, 0.4) is 0 Å². The van der Waals surface area contributed by atoms with Gasteiger partial charge in [-0.15, -0.1) is 0 Å². The molecule has 0 aromatic heterocycles. The molecule has 3 rings (SSSR count). The molecule has 5 nitrogen and oxygen atoms in total. The van der Waals surface area contributed by atoms with Gasteiger partial charge in [0.2, 0.25) is 11.8 Å². The van der Waals surface area contributed by atoms with Crippen LogP contribution in [0.4, 0.5) is 11.4 Å². The molecule has 0 bridgehead atoms. The van der Waals surface area contributed by atoms with Crippen molar-refractivity contribution in [2.45, 2.75) is 39.2 Å². The van der Waals surface area contributed by atoms with Crippen LogP contribution in [-0.4, -0.2) is 30.9 Å². The molecule has 0 saturated carbocycles. The third-order valence-electron chi connectivity index (χ3n) is 5.08. The van der Waals surface area contributed by atoms with Crippen LogP contribution in [0.5, 0.6) is 0 Å². The number of hydrogen-bond donors (Lipinski definition) is 2. The first-order chi connectivity index (χ1) is 13.5. The molecule has 1 fully saturated rings. The third kappa shape index (κ3) is 5.12. The van der Waals surface area contributed by atoms with Crippen molar-refractivity contribution in [1.29, 1.82) is 0 Å². The Kier molecular flexibility index (Phi) is 6.69. The molecule has 0 radical (unpaired) electrons. The van der Waals surface area contributed by atoms with Crippen LogP contribution in [0.15, 0.2) is 54.6 Å². The summed E-state index contributed by atoms with van der Waals surface area (Å²) in [6.07, 6.45) is 2.61. The van der Waals surface area contributed by atoms with E-state index in [1.807, 2.05) is 68.4 Å². The Morgan fingerprint density at radius 2 is 1.61 bits per heavy atom. The second-order valence-electron chi connectivity index (χ2n) is 7.65. The fourth-order valence-electron chi connectivity index (χ4n) is 3.56. The van der Waals surface area contributed by atoms with Gasteiger partial charge in [-0.1, -0.05) is 56.3 Å². The van der Waals surface area contributed by atoms with Crippen LogP contribution < -0.4 is 15.5 Å². The highest BCUT2D eigenvalue weighted by Gasteiger charge is 2.25. The first-order valence-corrected chi connectivity index (χ1v) is 10.0. The Hall–Kier alpha value is -2.82. The van der Waals surface area contributed by atoms with Crippen LogP contribution in [-0.2, 0) is 16.0 Å². The first-order valence-electron chi connectivity index (χ1n) is 10.0. The van der Waals surface area contributed by atoms with E-state index < -0.39 is 6.04 Å². The minimum absolute atomic E-state index is 0.0151. The van der Waals surface area contributed by atoms with Crippen molar-refractivity contribution >= 4 is 23.2 Å². The summed E-state index contributed by atoms with van der Waals surface area (Å²) >= 11 is 0. The van der Waals surface area contributed by atoms with Crippen molar-refractivity contribution in [1.82, 2.24) is 5.32 Å². The molecule has 5 heteroatoms. The van der Waals surface area contributed by atoms with Gasteiger partial charge in [0.05, 0.1) is 17.8 Å². The summed E-state index contributed by atoms with van der Waals surface area (Å²) in [5, 5.41) is 5.95. The van der Waals surface area contributed by atoms with E-state index >= 15 is 0 Å². The van der Waals surface area contributed by atoms with Gasteiger partial charge in [-0.05, 0) is 36.5 Å². The Morgan fingerprint density at radius 3 is 2.29 bits per heavy atom. The Morgan fingerprint density at radius 1 is 0.964 bits per heavy atom. The summed E-state index contributed by atoms with van der Waals surface area (Å²) in [7, 11) is 0. The predicted molar refractivity (Wildman–Crippen MR) is 113 cm³/mol. The minimum Gasteiger partial charge on any atom is -0.370 e. The molecule has 2 amide bonds. The zero-order valence-electron chi connectivity index (χ0n) is 16.7. The highest BCUT2D eigenvalue weighted by atomic mass is 16.2. The number of benzene rings is 2. The maximum atomic E-state index is 13.0. The van der Waals surface area contributed by atoms with Crippen molar-refractivity contribution in [2.24, 2.45) is 5.92 Å². The lowest BCUT2D eigenvalue weighted by atomic mass is 10.0. The molecule has 1 atom stereocenters.